The molecule has 1 aromatic carbocycles. The zero-order chi connectivity index (χ0) is 12.9. The zero-order valence-electron chi connectivity index (χ0n) is 9.74. The van der Waals surface area contributed by atoms with Gasteiger partial charge in [-0.15, -0.1) is 11.6 Å². The molecule has 1 amide bonds. The number of rotatable bonds is 5. The van der Waals surface area contributed by atoms with Gasteiger partial charge >= 0.3 is 0 Å². The monoisotopic (exact) mass is 291 g/mol. The predicted octanol–water partition coefficient (Wildman–Crippen LogP) is 3.48. The Kier molecular flexibility index (Phi) is 5.63. The van der Waals surface area contributed by atoms with E-state index in [0.29, 0.717) is 0 Å². The summed E-state index contributed by atoms with van der Waals surface area (Å²) in [5.74, 6) is -0.204. The minimum Gasteiger partial charge on any atom is -0.352 e. The van der Waals surface area contributed by atoms with E-state index in [4.69, 9.17) is 23.2 Å². The molecule has 2 nitrogen and oxygen atoms in total. The van der Waals surface area contributed by atoms with E-state index in [-0.39, 0.29) is 17.8 Å². The first kappa shape index (κ1) is 14.7. The Morgan fingerprint density at radius 2 is 2.00 bits per heavy atom. The van der Waals surface area contributed by atoms with Gasteiger partial charge in [-0.2, -0.15) is 0 Å². The van der Waals surface area contributed by atoms with Crippen molar-refractivity contribution in [3.05, 3.63) is 30.3 Å². The van der Waals surface area contributed by atoms with Crippen LogP contribution in [0.2, 0.25) is 0 Å². The number of carbonyl (C=O) groups excluding carboxylic acids is 1. The largest absolute Gasteiger partial charge is 0.352 e. The smallest absolute Gasteiger partial charge is 0.253 e. The van der Waals surface area contributed by atoms with E-state index >= 15 is 0 Å². The second-order valence-electron chi connectivity index (χ2n) is 3.91. The fourth-order valence-corrected chi connectivity index (χ4v) is 2.66. The standard InChI is InChI=1S/C12H15Cl2NOS/c1-9(2)15-11(16)12(14,8-13)17-10-6-4-3-5-7-10/h3-7,9H,8H2,1-2H3,(H,15,16). The third kappa shape index (κ3) is 4.41. The number of carbonyl (C=O) groups is 1. The van der Waals surface area contributed by atoms with Gasteiger partial charge in [-0.3, -0.25) is 4.79 Å². The molecule has 1 aromatic rings. The summed E-state index contributed by atoms with van der Waals surface area (Å²) in [4.78, 5) is 12.9. The highest BCUT2D eigenvalue weighted by Crippen LogP contribution is 2.37. The molecule has 0 radical (unpaired) electrons. The highest BCUT2D eigenvalue weighted by molar-refractivity contribution is 8.02. The molecule has 1 N–H and O–H groups in total. The molecule has 0 saturated carbocycles. The lowest BCUT2D eigenvalue weighted by Gasteiger charge is -2.24. The normalized spacial score (nSPS) is 14.4. The minimum absolute atomic E-state index is 0.0419. The van der Waals surface area contributed by atoms with E-state index in [1.807, 2.05) is 44.2 Å². The van der Waals surface area contributed by atoms with E-state index in [2.05, 4.69) is 5.32 Å². The molecule has 5 heteroatoms. The fourth-order valence-electron chi connectivity index (χ4n) is 1.18. The van der Waals surface area contributed by atoms with Crippen LogP contribution in [0.3, 0.4) is 0 Å². The van der Waals surface area contributed by atoms with Crippen molar-refractivity contribution in [3.8, 4) is 0 Å². The molecule has 17 heavy (non-hydrogen) atoms. The second kappa shape index (κ2) is 6.53. The van der Waals surface area contributed by atoms with Gasteiger partial charge in [0.15, 0.2) is 4.21 Å². The Balaban J connectivity index is 2.78. The maximum absolute atomic E-state index is 12.0. The highest BCUT2D eigenvalue weighted by atomic mass is 35.5. The van der Waals surface area contributed by atoms with Gasteiger partial charge in [0.2, 0.25) is 0 Å². The van der Waals surface area contributed by atoms with E-state index in [1.54, 1.807) is 0 Å². The van der Waals surface area contributed by atoms with Crippen LogP contribution in [0.5, 0.6) is 0 Å². The Morgan fingerprint density at radius 1 is 1.41 bits per heavy atom. The lowest BCUT2D eigenvalue weighted by Crippen LogP contribution is -2.44. The minimum atomic E-state index is -1.16. The Morgan fingerprint density at radius 3 is 2.47 bits per heavy atom. The molecular weight excluding hydrogens is 277 g/mol. The maximum Gasteiger partial charge on any atom is 0.253 e. The summed E-state index contributed by atoms with van der Waals surface area (Å²) in [7, 11) is 0. The molecule has 0 bridgehead atoms. The number of hydrogen-bond acceptors (Lipinski definition) is 2. The molecule has 0 aliphatic heterocycles. The molecule has 0 saturated heterocycles. The number of hydrogen-bond donors (Lipinski definition) is 1. The average Bonchev–Trinajstić information content (AvgIpc) is 2.29. The molecule has 0 aromatic heterocycles. The third-order valence-electron chi connectivity index (χ3n) is 1.95. The third-order valence-corrected chi connectivity index (χ3v) is 4.35. The number of benzene rings is 1. The van der Waals surface area contributed by atoms with Crippen LogP contribution in [0.25, 0.3) is 0 Å². The van der Waals surface area contributed by atoms with Crippen LogP contribution in [-0.2, 0) is 4.79 Å². The molecule has 0 aliphatic carbocycles. The number of halogens is 2. The van der Waals surface area contributed by atoms with Crippen molar-refractivity contribution < 1.29 is 4.79 Å². The second-order valence-corrected chi connectivity index (χ2v) is 6.41. The van der Waals surface area contributed by atoms with E-state index in [9.17, 15) is 4.79 Å². The molecule has 1 atom stereocenters. The summed E-state index contributed by atoms with van der Waals surface area (Å²) in [5.41, 5.74) is 0. The molecule has 0 heterocycles. The zero-order valence-corrected chi connectivity index (χ0v) is 12.1. The number of amides is 1. The Hall–Kier alpha value is -0.380. The predicted molar refractivity (Wildman–Crippen MR) is 74.9 cm³/mol. The molecule has 0 spiro atoms. The number of thioether (sulfide) groups is 1. The SMILES string of the molecule is CC(C)NC(=O)C(Cl)(CCl)Sc1ccccc1. The Bertz CT molecular complexity index is 372. The fraction of sp³-hybridized carbons (Fsp3) is 0.417. The van der Waals surface area contributed by atoms with Crippen molar-refractivity contribution in [2.24, 2.45) is 0 Å². The summed E-state index contributed by atoms with van der Waals surface area (Å²) in [6.45, 7) is 3.77. The van der Waals surface area contributed by atoms with Crippen molar-refractivity contribution in [2.45, 2.75) is 29.0 Å². The van der Waals surface area contributed by atoms with Crippen molar-refractivity contribution in [2.75, 3.05) is 5.88 Å². The van der Waals surface area contributed by atoms with Crippen molar-refractivity contribution in [1.29, 1.82) is 0 Å². The summed E-state index contributed by atoms with van der Waals surface area (Å²) >= 11 is 13.4. The van der Waals surface area contributed by atoms with Crippen LogP contribution >= 0.6 is 35.0 Å². The highest BCUT2D eigenvalue weighted by Gasteiger charge is 2.37. The topological polar surface area (TPSA) is 29.1 Å². The van der Waals surface area contributed by atoms with Gasteiger partial charge in [0, 0.05) is 10.9 Å². The van der Waals surface area contributed by atoms with Crippen molar-refractivity contribution in [3.63, 3.8) is 0 Å². The molecule has 0 aliphatic rings. The van der Waals surface area contributed by atoms with Gasteiger partial charge in [-0.05, 0) is 26.0 Å². The molecule has 1 rings (SSSR count). The molecular formula is C12H15Cl2NOS. The van der Waals surface area contributed by atoms with Gasteiger partial charge in [-0.25, -0.2) is 0 Å². The average molecular weight is 292 g/mol. The summed E-state index contributed by atoms with van der Waals surface area (Å²) in [5, 5.41) is 2.78. The van der Waals surface area contributed by atoms with Gasteiger partial charge in [0.25, 0.3) is 5.91 Å². The molecule has 94 valence electrons. The van der Waals surface area contributed by atoms with Crippen LogP contribution in [-0.4, -0.2) is 22.0 Å². The first-order valence-corrected chi connectivity index (χ1v) is 7.01. The first-order chi connectivity index (χ1) is 7.98. The Labute approximate surface area is 116 Å². The van der Waals surface area contributed by atoms with Gasteiger partial charge < -0.3 is 5.32 Å². The lowest BCUT2D eigenvalue weighted by molar-refractivity contribution is -0.121. The van der Waals surface area contributed by atoms with Crippen LogP contribution in [0.1, 0.15) is 13.8 Å². The van der Waals surface area contributed by atoms with Gasteiger partial charge in [0.1, 0.15) is 0 Å². The van der Waals surface area contributed by atoms with Crippen LogP contribution in [0.4, 0.5) is 0 Å². The van der Waals surface area contributed by atoms with Crippen LogP contribution < -0.4 is 5.32 Å². The van der Waals surface area contributed by atoms with Gasteiger partial charge in [-0.1, -0.05) is 41.6 Å². The van der Waals surface area contributed by atoms with Crippen LogP contribution in [0, 0.1) is 0 Å². The van der Waals surface area contributed by atoms with Gasteiger partial charge in [0.05, 0.1) is 5.88 Å². The first-order valence-electron chi connectivity index (χ1n) is 5.28. The number of nitrogens with one attached hydrogen (secondary N) is 1. The molecule has 1 unspecified atom stereocenters. The van der Waals surface area contributed by atoms with E-state index in [0.717, 1.165) is 4.90 Å². The summed E-state index contributed by atoms with van der Waals surface area (Å²) in [6, 6.07) is 9.55. The summed E-state index contributed by atoms with van der Waals surface area (Å²) < 4.78 is -1.16. The van der Waals surface area contributed by atoms with Crippen LogP contribution in [0.15, 0.2) is 35.2 Å². The number of alkyl halides is 2. The van der Waals surface area contributed by atoms with E-state index < -0.39 is 4.21 Å². The van der Waals surface area contributed by atoms with Crippen molar-refractivity contribution >= 4 is 40.9 Å². The van der Waals surface area contributed by atoms with E-state index in [1.165, 1.54) is 11.8 Å². The maximum atomic E-state index is 12.0. The summed E-state index contributed by atoms with van der Waals surface area (Å²) in [6.07, 6.45) is 0. The molecule has 0 fully saturated rings. The lowest BCUT2D eigenvalue weighted by atomic mass is 10.3. The van der Waals surface area contributed by atoms with Crippen molar-refractivity contribution in [1.82, 2.24) is 5.32 Å². The quantitative estimate of drug-likeness (QED) is 0.665.